The maximum atomic E-state index is 12.6. The van der Waals surface area contributed by atoms with E-state index in [4.69, 9.17) is 11.0 Å². The Kier molecular flexibility index (Phi) is 5.69. The zero-order chi connectivity index (χ0) is 16.0. The van der Waals surface area contributed by atoms with Crippen LogP contribution in [0, 0.1) is 11.3 Å². The van der Waals surface area contributed by atoms with Gasteiger partial charge in [0.05, 0.1) is 23.6 Å². The van der Waals surface area contributed by atoms with Crippen LogP contribution in [0.15, 0.2) is 23.1 Å². The summed E-state index contributed by atoms with van der Waals surface area (Å²) in [6.45, 7) is 1.88. The molecular weight excluding hydrogens is 294 g/mol. The second-order valence-corrected chi connectivity index (χ2v) is 6.06. The summed E-state index contributed by atoms with van der Waals surface area (Å²) < 4.78 is 30.9. The van der Waals surface area contributed by atoms with Crippen molar-refractivity contribution in [3.8, 4) is 6.07 Å². The number of hydrogen-bond acceptors (Lipinski definition) is 6. The summed E-state index contributed by atoms with van der Waals surface area (Å²) in [6, 6.07) is 5.85. The molecule has 0 aliphatic rings. The number of rotatable bonds is 6. The van der Waals surface area contributed by atoms with Crippen molar-refractivity contribution in [3.63, 3.8) is 0 Å². The zero-order valence-electron chi connectivity index (χ0n) is 11.9. The van der Waals surface area contributed by atoms with Crippen LogP contribution in [0.4, 0.5) is 5.69 Å². The molecule has 7 nitrogen and oxygen atoms in total. The SMILES string of the molecule is CCN(CCC#N)S(=O)(=O)c1cc(N)ccc1C(=O)OC. The molecule has 0 bridgehead atoms. The molecule has 1 aromatic carbocycles. The summed E-state index contributed by atoms with van der Waals surface area (Å²) in [5, 5.41) is 8.61. The third kappa shape index (κ3) is 3.71. The van der Waals surface area contributed by atoms with Gasteiger partial charge < -0.3 is 10.5 Å². The fraction of sp³-hybridized carbons (Fsp3) is 0.385. The first-order valence-electron chi connectivity index (χ1n) is 6.23. The average Bonchev–Trinajstić information content (AvgIpc) is 2.47. The standard InChI is InChI=1S/C13H17N3O4S/c1-3-16(8-4-7-14)21(18,19)12-9-10(15)5-6-11(12)13(17)20-2/h5-6,9H,3-4,8,15H2,1-2H3. The van der Waals surface area contributed by atoms with E-state index in [1.807, 2.05) is 6.07 Å². The van der Waals surface area contributed by atoms with Crippen LogP contribution in [0.25, 0.3) is 0 Å². The van der Waals surface area contributed by atoms with Crippen LogP contribution in [0.5, 0.6) is 0 Å². The highest BCUT2D eigenvalue weighted by Gasteiger charge is 2.28. The van der Waals surface area contributed by atoms with Gasteiger partial charge in [-0.3, -0.25) is 0 Å². The molecule has 8 heteroatoms. The van der Waals surface area contributed by atoms with Crippen LogP contribution in [0.2, 0.25) is 0 Å². The smallest absolute Gasteiger partial charge is 0.339 e. The van der Waals surface area contributed by atoms with Crippen molar-refractivity contribution < 1.29 is 17.9 Å². The number of carbonyl (C=O) groups excluding carboxylic acids is 1. The van der Waals surface area contributed by atoms with Gasteiger partial charge >= 0.3 is 5.97 Å². The number of benzene rings is 1. The second kappa shape index (κ2) is 7.06. The maximum absolute atomic E-state index is 12.6. The molecule has 1 rings (SSSR count). The quantitative estimate of drug-likeness (QED) is 0.619. The van der Waals surface area contributed by atoms with Crippen LogP contribution >= 0.6 is 0 Å². The Bertz CT molecular complexity index is 664. The molecule has 0 fully saturated rings. The molecule has 0 aliphatic carbocycles. The molecule has 0 unspecified atom stereocenters. The fourth-order valence-electron chi connectivity index (χ4n) is 1.79. The molecular formula is C13H17N3O4S. The number of esters is 1. The van der Waals surface area contributed by atoms with E-state index in [9.17, 15) is 13.2 Å². The number of nitrogens with two attached hydrogens (primary N) is 1. The highest BCUT2D eigenvalue weighted by Crippen LogP contribution is 2.23. The van der Waals surface area contributed by atoms with E-state index in [-0.39, 0.29) is 35.7 Å². The van der Waals surface area contributed by atoms with Gasteiger partial charge in [0.15, 0.2) is 0 Å². The van der Waals surface area contributed by atoms with Gasteiger partial charge in [-0.25, -0.2) is 13.2 Å². The minimum absolute atomic E-state index is 0.0464. The predicted octanol–water partition coefficient (Wildman–Crippen LogP) is 0.980. The number of carbonyl (C=O) groups is 1. The molecule has 114 valence electrons. The molecule has 0 aliphatic heterocycles. The highest BCUT2D eigenvalue weighted by atomic mass is 32.2. The maximum Gasteiger partial charge on any atom is 0.339 e. The molecule has 0 heterocycles. The van der Waals surface area contributed by atoms with Gasteiger partial charge in [0.1, 0.15) is 0 Å². The Balaban J connectivity index is 3.39. The van der Waals surface area contributed by atoms with Crippen molar-refractivity contribution >= 4 is 21.7 Å². The Morgan fingerprint density at radius 2 is 2.14 bits per heavy atom. The lowest BCUT2D eigenvalue weighted by atomic mass is 10.2. The summed E-state index contributed by atoms with van der Waals surface area (Å²) in [4.78, 5) is 11.5. The topological polar surface area (TPSA) is 113 Å². The predicted molar refractivity (Wildman–Crippen MR) is 76.9 cm³/mol. The van der Waals surface area contributed by atoms with Crippen molar-refractivity contribution in [3.05, 3.63) is 23.8 Å². The number of methoxy groups -OCH3 is 1. The van der Waals surface area contributed by atoms with E-state index >= 15 is 0 Å². The summed E-state index contributed by atoms with van der Waals surface area (Å²) in [5.41, 5.74) is 5.76. The minimum Gasteiger partial charge on any atom is -0.465 e. The van der Waals surface area contributed by atoms with Gasteiger partial charge in [0.2, 0.25) is 10.0 Å². The van der Waals surface area contributed by atoms with E-state index in [0.717, 1.165) is 4.31 Å². The number of sulfonamides is 1. The summed E-state index contributed by atoms with van der Waals surface area (Å²) in [5.74, 6) is -0.759. The third-order valence-corrected chi connectivity index (χ3v) is 4.87. The highest BCUT2D eigenvalue weighted by molar-refractivity contribution is 7.89. The Hall–Kier alpha value is -2.11. The van der Waals surface area contributed by atoms with Crippen LogP contribution < -0.4 is 5.73 Å². The second-order valence-electron chi connectivity index (χ2n) is 4.15. The van der Waals surface area contributed by atoms with E-state index in [1.165, 1.54) is 25.3 Å². The molecule has 0 amide bonds. The van der Waals surface area contributed by atoms with Crippen molar-refractivity contribution in [2.45, 2.75) is 18.2 Å². The molecule has 2 N–H and O–H groups in total. The minimum atomic E-state index is -3.93. The monoisotopic (exact) mass is 311 g/mol. The fourth-order valence-corrected chi connectivity index (χ4v) is 3.46. The number of nitrogens with zero attached hydrogens (tertiary/aromatic N) is 2. The normalized spacial score (nSPS) is 11.1. The van der Waals surface area contributed by atoms with E-state index in [2.05, 4.69) is 4.74 Å². The Morgan fingerprint density at radius 3 is 2.67 bits per heavy atom. The van der Waals surface area contributed by atoms with Gasteiger partial charge in [-0.1, -0.05) is 6.92 Å². The van der Waals surface area contributed by atoms with Crippen molar-refractivity contribution in [1.82, 2.24) is 4.31 Å². The number of nitriles is 1. The third-order valence-electron chi connectivity index (χ3n) is 2.85. The van der Waals surface area contributed by atoms with E-state index in [1.54, 1.807) is 6.92 Å². The average molecular weight is 311 g/mol. The van der Waals surface area contributed by atoms with Crippen molar-refractivity contribution in [2.75, 3.05) is 25.9 Å². The van der Waals surface area contributed by atoms with Crippen molar-refractivity contribution in [1.29, 1.82) is 5.26 Å². The molecule has 0 spiro atoms. The van der Waals surface area contributed by atoms with Gasteiger partial charge in [-0.2, -0.15) is 9.57 Å². The van der Waals surface area contributed by atoms with Gasteiger partial charge in [-0.05, 0) is 18.2 Å². The molecule has 0 radical (unpaired) electrons. The summed E-state index contributed by atoms with van der Waals surface area (Å²) in [6.07, 6.45) is 0.0585. The van der Waals surface area contributed by atoms with Crippen LogP contribution in [0.1, 0.15) is 23.7 Å². The number of ether oxygens (including phenoxy) is 1. The van der Waals surface area contributed by atoms with E-state index < -0.39 is 16.0 Å². The molecule has 0 saturated heterocycles. The van der Waals surface area contributed by atoms with Gasteiger partial charge in [0.25, 0.3) is 0 Å². The van der Waals surface area contributed by atoms with Gasteiger partial charge in [0, 0.05) is 25.2 Å². The van der Waals surface area contributed by atoms with E-state index in [0.29, 0.717) is 0 Å². The first-order chi connectivity index (χ1) is 9.88. The Morgan fingerprint density at radius 1 is 1.48 bits per heavy atom. The number of hydrogen-bond donors (Lipinski definition) is 1. The molecule has 0 atom stereocenters. The van der Waals surface area contributed by atoms with Crippen molar-refractivity contribution in [2.24, 2.45) is 0 Å². The number of nitrogen functional groups attached to an aromatic ring is 1. The molecule has 0 aromatic heterocycles. The largest absolute Gasteiger partial charge is 0.465 e. The lowest BCUT2D eigenvalue weighted by molar-refractivity contribution is 0.0596. The first-order valence-corrected chi connectivity index (χ1v) is 7.67. The lowest BCUT2D eigenvalue weighted by Crippen LogP contribution is -2.33. The van der Waals surface area contributed by atoms with Crippen LogP contribution in [0.3, 0.4) is 0 Å². The molecule has 0 saturated carbocycles. The zero-order valence-corrected chi connectivity index (χ0v) is 12.7. The summed E-state index contributed by atoms with van der Waals surface area (Å²) in [7, 11) is -2.76. The Labute approximate surface area is 124 Å². The van der Waals surface area contributed by atoms with Crippen LogP contribution in [-0.2, 0) is 14.8 Å². The lowest BCUT2D eigenvalue weighted by Gasteiger charge is -2.20. The van der Waals surface area contributed by atoms with Gasteiger partial charge in [-0.15, -0.1) is 0 Å². The summed E-state index contributed by atoms with van der Waals surface area (Å²) >= 11 is 0. The molecule has 21 heavy (non-hydrogen) atoms. The molecule has 1 aromatic rings. The number of anilines is 1. The van der Waals surface area contributed by atoms with Crippen LogP contribution in [-0.4, -0.2) is 38.9 Å². The first kappa shape index (κ1) is 16.9.